The Morgan fingerprint density at radius 2 is 1.93 bits per heavy atom. The van der Waals surface area contributed by atoms with Gasteiger partial charge in [-0.1, -0.05) is 12.1 Å². The number of nitrogens with one attached hydrogen (secondary N) is 1. The molecule has 0 aliphatic heterocycles. The third kappa shape index (κ3) is 4.95. The number of rotatable bonds is 6. The molecule has 1 aromatic carbocycles. The van der Waals surface area contributed by atoms with Gasteiger partial charge in [0.15, 0.2) is 0 Å². The quantitative estimate of drug-likeness (QED) is 0.625. The van der Waals surface area contributed by atoms with Gasteiger partial charge in [0.05, 0.1) is 0 Å². The molecule has 1 atom stereocenters. The number of halogens is 1. The van der Waals surface area contributed by atoms with Crippen LogP contribution in [-0.4, -0.2) is 13.1 Å². The first-order valence-electron chi connectivity index (χ1n) is 5.43. The summed E-state index contributed by atoms with van der Waals surface area (Å²) in [5.74, 6) is 0. The lowest BCUT2D eigenvalue weighted by Gasteiger charge is -2.14. The van der Waals surface area contributed by atoms with Crippen LogP contribution >= 0.6 is 22.6 Å². The molecule has 0 saturated heterocycles. The van der Waals surface area contributed by atoms with E-state index < -0.39 is 0 Å². The van der Waals surface area contributed by atoms with Gasteiger partial charge >= 0.3 is 0 Å². The lowest BCUT2D eigenvalue weighted by Crippen LogP contribution is -2.20. The Labute approximate surface area is 106 Å². The van der Waals surface area contributed by atoms with E-state index in [1.165, 1.54) is 9.13 Å². The van der Waals surface area contributed by atoms with E-state index in [0.717, 1.165) is 25.9 Å². The molecule has 84 valence electrons. The topological polar surface area (TPSA) is 38.0 Å². The zero-order chi connectivity index (χ0) is 11.1. The lowest BCUT2D eigenvalue weighted by atomic mass is 10.1. The number of benzene rings is 1. The predicted octanol–water partition coefficient (Wildman–Crippen LogP) is 2.68. The smallest absolute Gasteiger partial charge is 0.0291 e. The maximum Gasteiger partial charge on any atom is 0.0291 e. The summed E-state index contributed by atoms with van der Waals surface area (Å²) >= 11 is 2.33. The van der Waals surface area contributed by atoms with E-state index in [-0.39, 0.29) is 0 Å². The van der Waals surface area contributed by atoms with E-state index in [0.29, 0.717) is 6.04 Å². The Hall–Kier alpha value is -0.130. The van der Waals surface area contributed by atoms with Gasteiger partial charge in [0.25, 0.3) is 0 Å². The van der Waals surface area contributed by atoms with E-state index in [1.807, 2.05) is 0 Å². The molecule has 2 nitrogen and oxygen atoms in total. The molecule has 15 heavy (non-hydrogen) atoms. The summed E-state index contributed by atoms with van der Waals surface area (Å²) in [6.07, 6.45) is 2.26. The second kappa shape index (κ2) is 7.19. The van der Waals surface area contributed by atoms with Crippen LogP contribution < -0.4 is 11.1 Å². The first kappa shape index (κ1) is 12.9. The molecule has 0 saturated carbocycles. The summed E-state index contributed by atoms with van der Waals surface area (Å²) in [4.78, 5) is 0. The van der Waals surface area contributed by atoms with E-state index in [2.05, 4.69) is 59.1 Å². The SMILES string of the molecule is CC(NCCCCN)c1ccc(I)cc1. The molecule has 0 aliphatic carbocycles. The number of nitrogens with two attached hydrogens (primary N) is 1. The zero-order valence-electron chi connectivity index (χ0n) is 9.17. The maximum absolute atomic E-state index is 5.44. The highest BCUT2D eigenvalue weighted by atomic mass is 127. The minimum Gasteiger partial charge on any atom is -0.330 e. The zero-order valence-corrected chi connectivity index (χ0v) is 11.3. The third-order valence-electron chi connectivity index (χ3n) is 2.45. The fourth-order valence-corrected chi connectivity index (χ4v) is 1.82. The van der Waals surface area contributed by atoms with Crippen LogP contribution in [0.5, 0.6) is 0 Å². The first-order valence-corrected chi connectivity index (χ1v) is 6.51. The fraction of sp³-hybridized carbons (Fsp3) is 0.500. The lowest BCUT2D eigenvalue weighted by molar-refractivity contribution is 0.549. The molecule has 0 aliphatic rings. The Morgan fingerprint density at radius 3 is 2.53 bits per heavy atom. The molecular formula is C12H19IN2. The van der Waals surface area contributed by atoms with Crippen molar-refractivity contribution in [2.45, 2.75) is 25.8 Å². The largest absolute Gasteiger partial charge is 0.330 e. The number of unbranched alkanes of at least 4 members (excludes halogenated alkanes) is 1. The number of hydrogen-bond acceptors (Lipinski definition) is 2. The minimum absolute atomic E-state index is 0.430. The highest BCUT2D eigenvalue weighted by Gasteiger charge is 2.03. The molecule has 0 fully saturated rings. The van der Waals surface area contributed by atoms with Gasteiger partial charge in [-0.05, 0) is 73.1 Å². The van der Waals surface area contributed by atoms with Crippen LogP contribution in [0.1, 0.15) is 31.4 Å². The van der Waals surface area contributed by atoms with Crippen LogP contribution in [0.25, 0.3) is 0 Å². The Kier molecular flexibility index (Phi) is 6.20. The van der Waals surface area contributed by atoms with E-state index in [4.69, 9.17) is 5.73 Å². The van der Waals surface area contributed by atoms with Crippen molar-refractivity contribution in [3.05, 3.63) is 33.4 Å². The molecule has 1 rings (SSSR count). The van der Waals surface area contributed by atoms with Gasteiger partial charge in [0.2, 0.25) is 0 Å². The van der Waals surface area contributed by atoms with Gasteiger partial charge in [-0.3, -0.25) is 0 Å². The van der Waals surface area contributed by atoms with Gasteiger partial charge in [-0.2, -0.15) is 0 Å². The van der Waals surface area contributed by atoms with E-state index >= 15 is 0 Å². The fourth-order valence-electron chi connectivity index (χ4n) is 1.46. The predicted molar refractivity (Wildman–Crippen MR) is 73.9 cm³/mol. The second-order valence-electron chi connectivity index (χ2n) is 3.72. The van der Waals surface area contributed by atoms with Crippen LogP contribution in [0.15, 0.2) is 24.3 Å². The van der Waals surface area contributed by atoms with Gasteiger partial charge in [-0.15, -0.1) is 0 Å². The van der Waals surface area contributed by atoms with Crippen LogP contribution in [0.3, 0.4) is 0 Å². The van der Waals surface area contributed by atoms with E-state index in [1.54, 1.807) is 0 Å². The summed E-state index contributed by atoms with van der Waals surface area (Å²) in [5.41, 5.74) is 6.79. The van der Waals surface area contributed by atoms with Crippen LogP contribution in [-0.2, 0) is 0 Å². The molecule has 1 aromatic rings. The summed E-state index contributed by atoms with van der Waals surface area (Å²) in [6.45, 7) is 4.04. The average Bonchev–Trinajstić information content (AvgIpc) is 2.25. The summed E-state index contributed by atoms with van der Waals surface area (Å²) < 4.78 is 1.28. The Morgan fingerprint density at radius 1 is 1.27 bits per heavy atom. The summed E-state index contributed by atoms with van der Waals surface area (Å²) in [5, 5.41) is 3.50. The monoisotopic (exact) mass is 318 g/mol. The molecule has 0 radical (unpaired) electrons. The van der Waals surface area contributed by atoms with Crippen molar-refractivity contribution in [2.24, 2.45) is 5.73 Å². The molecule has 0 bridgehead atoms. The first-order chi connectivity index (χ1) is 7.24. The van der Waals surface area contributed by atoms with Crippen molar-refractivity contribution >= 4 is 22.6 Å². The average molecular weight is 318 g/mol. The van der Waals surface area contributed by atoms with E-state index in [9.17, 15) is 0 Å². The van der Waals surface area contributed by atoms with Crippen molar-refractivity contribution < 1.29 is 0 Å². The van der Waals surface area contributed by atoms with Crippen molar-refractivity contribution in [3.8, 4) is 0 Å². The van der Waals surface area contributed by atoms with Crippen molar-refractivity contribution in [3.63, 3.8) is 0 Å². The van der Waals surface area contributed by atoms with Gasteiger partial charge < -0.3 is 11.1 Å². The standard InChI is InChI=1S/C12H19IN2/c1-10(15-9-3-2-8-14)11-4-6-12(13)7-5-11/h4-7,10,15H,2-3,8-9,14H2,1H3. The van der Waals surface area contributed by atoms with Crippen LogP contribution in [0.4, 0.5) is 0 Å². The summed E-state index contributed by atoms with van der Waals surface area (Å²) in [6, 6.07) is 9.09. The second-order valence-corrected chi connectivity index (χ2v) is 4.97. The molecule has 3 heteroatoms. The molecule has 0 heterocycles. The third-order valence-corrected chi connectivity index (χ3v) is 3.17. The molecule has 1 unspecified atom stereocenters. The maximum atomic E-state index is 5.44. The Bertz CT molecular complexity index is 271. The molecule has 0 spiro atoms. The van der Waals surface area contributed by atoms with Crippen molar-refractivity contribution in [1.29, 1.82) is 0 Å². The van der Waals surface area contributed by atoms with Crippen LogP contribution in [0.2, 0.25) is 0 Å². The highest BCUT2D eigenvalue weighted by molar-refractivity contribution is 14.1. The molecule has 0 amide bonds. The summed E-state index contributed by atoms with van der Waals surface area (Å²) in [7, 11) is 0. The highest BCUT2D eigenvalue weighted by Crippen LogP contribution is 2.14. The number of hydrogen-bond donors (Lipinski definition) is 2. The van der Waals surface area contributed by atoms with Gasteiger partial charge in [0.1, 0.15) is 0 Å². The molecule has 0 aromatic heterocycles. The van der Waals surface area contributed by atoms with Gasteiger partial charge in [0, 0.05) is 9.61 Å². The van der Waals surface area contributed by atoms with Crippen molar-refractivity contribution in [2.75, 3.05) is 13.1 Å². The van der Waals surface area contributed by atoms with Crippen LogP contribution in [0, 0.1) is 3.57 Å². The van der Waals surface area contributed by atoms with Crippen molar-refractivity contribution in [1.82, 2.24) is 5.32 Å². The van der Waals surface area contributed by atoms with Gasteiger partial charge in [-0.25, -0.2) is 0 Å². The normalized spacial score (nSPS) is 12.7. The molecule has 3 N–H and O–H groups in total. The minimum atomic E-state index is 0.430. The molecular weight excluding hydrogens is 299 g/mol. The Balaban J connectivity index is 2.33.